The van der Waals surface area contributed by atoms with Gasteiger partial charge in [-0.15, -0.1) is 0 Å². The van der Waals surface area contributed by atoms with Crippen molar-refractivity contribution < 1.29 is 14.3 Å². The van der Waals surface area contributed by atoms with Crippen molar-refractivity contribution in [3.63, 3.8) is 0 Å². The van der Waals surface area contributed by atoms with Gasteiger partial charge in [0.1, 0.15) is 5.69 Å². The van der Waals surface area contributed by atoms with Crippen molar-refractivity contribution in [2.45, 2.75) is 18.8 Å². The summed E-state index contributed by atoms with van der Waals surface area (Å²) in [4.78, 5) is 29.9. The predicted molar refractivity (Wildman–Crippen MR) is 89.9 cm³/mol. The minimum atomic E-state index is -0.454. The number of amides is 1. The molecule has 0 saturated carbocycles. The number of carbonyl (C=O) groups excluding carboxylic acids is 2. The van der Waals surface area contributed by atoms with E-state index in [4.69, 9.17) is 0 Å². The number of methoxy groups -OCH3 is 1. The van der Waals surface area contributed by atoms with Crippen LogP contribution in [0, 0.1) is 0 Å². The largest absolute Gasteiger partial charge is 0.465 e. The molecule has 3 rings (SSSR count). The summed E-state index contributed by atoms with van der Waals surface area (Å²) in [7, 11) is 1.32. The summed E-state index contributed by atoms with van der Waals surface area (Å²) in [5.74, 6) is -0.0342. The third kappa shape index (κ3) is 3.45. The van der Waals surface area contributed by atoms with Crippen molar-refractivity contribution in [2.24, 2.45) is 0 Å². The Balaban J connectivity index is 1.62. The first kappa shape index (κ1) is 16.2. The smallest absolute Gasteiger partial charge is 0.339 e. The molecule has 0 aliphatic carbocycles. The van der Waals surface area contributed by atoms with E-state index < -0.39 is 5.97 Å². The van der Waals surface area contributed by atoms with Crippen LogP contribution in [0.5, 0.6) is 0 Å². The minimum absolute atomic E-state index is 0.0853. The topological polar surface area (TPSA) is 59.5 Å². The van der Waals surface area contributed by atoms with E-state index >= 15 is 0 Å². The molecular formula is C19H20N2O3. The first-order valence-electron chi connectivity index (χ1n) is 8.07. The van der Waals surface area contributed by atoms with Gasteiger partial charge in [-0.1, -0.05) is 30.3 Å². The number of ether oxygens (including phenoxy) is 1. The summed E-state index contributed by atoms with van der Waals surface area (Å²) >= 11 is 0. The molecule has 124 valence electrons. The second kappa shape index (κ2) is 7.25. The highest BCUT2D eigenvalue weighted by atomic mass is 16.5. The van der Waals surface area contributed by atoms with Crippen LogP contribution in [0.25, 0.3) is 0 Å². The van der Waals surface area contributed by atoms with Crippen LogP contribution in [-0.2, 0) is 4.74 Å². The van der Waals surface area contributed by atoms with E-state index in [1.807, 2.05) is 11.0 Å². The fourth-order valence-electron chi connectivity index (χ4n) is 3.06. The number of rotatable bonds is 3. The van der Waals surface area contributed by atoms with Gasteiger partial charge in [-0.25, -0.2) is 4.79 Å². The van der Waals surface area contributed by atoms with Gasteiger partial charge in [-0.2, -0.15) is 0 Å². The molecule has 0 bridgehead atoms. The molecule has 24 heavy (non-hydrogen) atoms. The number of hydrogen-bond acceptors (Lipinski definition) is 4. The standard InChI is InChI=1S/C19H20N2O3/c1-24-19(23)16-7-8-17(20-13-16)18(22)21-11-9-15(10-12-21)14-5-3-2-4-6-14/h2-8,13,15H,9-12H2,1H3. The molecule has 1 aromatic heterocycles. The van der Waals surface area contributed by atoms with Gasteiger partial charge < -0.3 is 9.64 Å². The highest BCUT2D eigenvalue weighted by molar-refractivity contribution is 5.94. The van der Waals surface area contributed by atoms with Crippen LogP contribution in [0.3, 0.4) is 0 Å². The summed E-state index contributed by atoms with van der Waals surface area (Å²) in [5, 5.41) is 0. The number of piperidine rings is 1. The van der Waals surface area contributed by atoms with E-state index in [0.29, 0.717) is 17.2 Å². The van der Waals surface area contributed by atoms with Crippen LogP contribution in [-0.4, -0.2) is 42.0 Å². The summed E-state index contributed by atoms with van der Waals surface area (Å²) in [6.07, 6.45) is 3.29. The zero-order chi connectivity index (χ0) is 16.9. The van der Waals surface area contributed by atoms with Crippen molar-refractivity contribution in [3.8, 4) is 0 Å². The van der Waals surface area contributed by atoms with Crippen molar-refractivity contribution in [2.75, 3.05) is 20.2 Å². The summed E-state index contributed by atoms with van der Waals surface area (Å²) < 4.78 is 4.63. The van der Waals surface area contributed by atoms with Crippen LogP contribution < -0.4 is 0 Å². The van der Waals surface area contributed by atoms with E-state index in [1.54, 1.807) is 12.1 Å². The Morgan fingerprint density at radius 2 is 1.79 bits per heavy atom. The average molecular weight is 324 g/mol. The maximum absolute atomic E-state index is 12.5. The van der Waals surface area contributed by atoms with Crippen LogP contribution in [0.1, 0.15) is 45.2 Å². The molecule has 0 unspecified atom stereocenters. The Kier molecular flexibility index (Phi) is 4.89. The summed E-state index contributed by atoms with van der Waals surface area (Å²) in [6.45, 7) is 1.44. The van der Waals surface area contributed by atoms with Gasteiger partial charge in [0.05, 0.1) is 12.7 Å². The van der Waals surface area contributed by atoms with Gasteiger partial charge >= 0.3 is 5.97 Å². The van der Waals surface area contributed by atoms with Gasteiger partial charge in [0, 0.05) is 19.3 Å². The lowest BCUT2D eigenvalue weighted by Gasteiger charge is -2.32. The minimum Gasteiger partial charge on any atom is -0.465 e. The summed E-state index contributed by atoms with van der Waals surface area (Å²) in [6, 6.07) is 13.6. The molecule has 5 heteroatoms. The summed E-state index contributed by atoms with van der Waals surface area (Å²) in [5.41, 5.74) is 2.04. The van der Waals surface area contributed by atoms with Crippen molar-refractivity contribution >= 4 is 11.9 Å². The molecule has 0 spiro atoms. The van der Waals surface area contributed by atoms with E-state index in [0.717, 1.165) is 25.9 Å². The maximum Gasteiger partial charge on any atom is 0.339 e. The van der Waals surface area contributed by atoms with Crippen LogP contribution in [0.2, 0.25) is 0 Å². The number of esters is 1. The second-order valence-electron chi connectivity index (χ2n) is 5.90. The van der Waals surface area contributed by atoms with E-state index in [9.17, 15) is 9.59 Å². The monoisotopic (exact) mass is 324 g/mol. The van der Waals surface area contributed by atoms with E-state index in [2.05, 4.69) is 34.0 Å². The third-order valence-electron chi connectivity index (χ3n) is 4.46. The van der Waals surface area contributed by atoms with E-state index in [1.165, 1.54) is 18.9 Å². The third-order valence-corrected chi connectivity index (χ3v) is 4.46. The first-order chi connectivity index (χ1) is 11.7. The highest BCUT2D eigenvalue weighted by Gasteiger charge is 2.25. The van der Waals surface area contributed by atoms with Crippen LogP contribution in [0.4, 0.5) is 0 Å². The fraction of sp³-hybridized carbons (Fsp3) is 0.316. The predicted octanol–water partition coefficient (Wildman–Crippen LogP) is 2.89. The van der Waals surface area contributed by atoms with Gasteiger partial charge in [-0.3, -0.25) is 9.78 Å². The SMILES string of the molecule is COC(=O)c1ccc(C(=O)N2CCC(c3ccccc3)CC2)nc1. The quantitative estimate of drug-likeness (QED) is 0.815. The van der Waals surface area contributed by atoms with E-state index in [-0.39, 0.29) is 5.91 Å². The Morgan fingerprint density at radius 3 is 2.38 bits per heavy atom. The maximum atomic E-state index is 12.5. The Morgan fingerprint density at radius 1 is 1.08 bits per heavy atom. The second-order valence-corrected chi connectivity index (χ2v) is 5.90. The lowest BCUT2D eigenvalue weighted by Crippen LogP contribution is -2.38. The molecule has 1 aliphatic rings. The first-order valence-corrected chi connectivity index (χ1v) is 8.07. The Bertz CT molecular complexity index is 705. The lowest BCUT2D eigenvalue weighted by molar-refractivity contribution is 0.0598. The number of benzene rings is 1. The van der Waals surface area contributed by atoms with Crippen LogP contribution in [0.15, 0.2) is 48.7 Å². The van der Waals surface area contributed by atoms with Gasteiger partial charge in [-0.05, 0) is 36.5 Å². The molecule has 2 aromatic rings. The molecule has 1 aliphatic heterocycles. The molecule has 0 atom stereocenters. The average Bonchev–Trinajstić information content (AvgIpc) is 2.68. The number of hydrogen-bond donors (Lipinski definition) is 0. The number of nitrogens with zero attached hydrogens (tertiary/aromatic N) is 2. The molecular weight excluding hydrogens is 304 g/mol. The Labute approximate surface area is 141 Å². The normalized spacial score (nSPS) is 15.1. The number of aromatic nitrogens is 1. The molecule has 1 amide bonds. The zero-order valence-corrected chi connectivity index (χ0v) is 13.6. The number of pyridine rings is 1. The Hall–Kier alpha value is -2.69. The van der Waals surface area contributed by atoms with Gasteiger partial charge in [0.2, 0.25) is 0 Å². The molecule has 0 N–H and O–H groups in total. The molecule has 2 heterocycles. The molecule has 1 fully saturated rings. The molecule has 1 aromatic carbocycles. The van der Waals surface area contributed by atoms with Gasteiger partial charge in [0.25, 0.3) is 5.91 Å². The zero-order valence-electron chi connectivity index (χ0n) is 13.6. The van der Waals surface area contributed by atoms with Crippen molar-refractivity contribution in [1.29, 1.82) is 0 Å². The molecule has 0 radical (unpaired) electrons. The van der Waals surface area contributed by atoms with Crippen LogP contribution >= 0.6 is 0 Å². The lowest BCUT2D eigenvalue weighted by atomic mass is 9.89. The molecule has 5 nitrogen and oxygen atoms in total. The number of likely N-dealkylation sites (tertiary alicyclic amines) is 1. The fourth-order valence-corrected chi connectivity index (χ4v) is 3.06. The van der Waals surface area contributed by atoms with Gasteiger partial charge in [0.15, 0.2) is 0 Å². The van der Waals surface area contributed by atoms with Crippen molar-refractivity contribution in [1.82, 2.24) is 9.88 Å². The molecule has 1 saturated heterocycles. The highest BCUT2D eigenvalue weighted by Crippen LogP contribution is 2.28. The number of carbonyl (C=O) groups is 2. The van der Waals surface area contributed by atoms with Crippen molar-refractivity contribution in [3.05, 3.63) is 65.5 Å².